The van der Waals surface area contributed by atoms with Crippen molar-refractivity contribution in [3.63, 3.8) is 0 Å². The summed E-state index contributed by atoms with van der Waals surface area (Å²) in [6.07, 6.45) is 0. The van der Waals surface area contributed by atoms with E-state index >= 15 is 0 Å². The van der Waals surface area contributed by atoms with Crippen LogP contribution >= 0.6 is 0 Å². The molecule has 3 rings (SSSR count). The Kier molecular flexibility index (Phi) is 4.69. The van der Waals surface area contributed by atoms with Crippen LogP contribution < -0.4 is 5.32 Å². The topological polar surface area (TPSA) is 79.6 Å². The fraction of sp³-hybridized carbons (Fsp3) is 0.409. The minimum Gasteiger partial charge on any atom is -0.466 e. The van der Waals surface area contributed by atoms with E-state index in [9.17, 15) is 14.4 Å². The van der Waals surface area contributed by atoms with Crippen LogP contribution in [0.3, 0.4) is 0 Å². The Morgan fingerprint density at radius 2 is 1.75 bits per heavy atom. The zero-order valence-electron chi connectivity index (χ0n) is 17.2. The number of nitrogens with one attached hydrogen (secondary N) is 1. The van der Waals surface area contributed by atoms with Gasteiger partial charge in [-0.2, -0.15) is 0 Å². The highest BCUT2D eigenvalue weighted by Crippen LogP contribution is 2.33. The van der Waals surface area contributed by atoms with E-state index in [1.807, 2.05) is 12.1 Å². The number of benzene rings is 1. The van der Waals surface area contributed by atoms with E-state index in [-0.39, 0.29) is 17.7 Å². The summed E-state index contributed by atoms with van der Waals surface area (Å²) in [6, 6.07) is 8.45. The number of amides is 3. The van der Waals surface area contributed by atoms with E-state index in [1.54, 1.807) is 39.0 Å². The highest BCUT2D eigenvalue weighted by atomic mass is 16.3. The molecular weight excluding hydrogens is 356 g/mol. The summed E-state index contributed by atoms with van der Waals surface area (Å²) in [7, 11) is 0. The number of nitrogens with zero attached hydrogens (tertiary/aromatic N) is 1. The third kappa shape index (κ3) is 3.35. The second kappa shape index (κ2) is 6.62. The molecule has 28 heavy (non-hydrogen) atoms. The molecule has 0 aliphatic carbocycles. The van der Waals surface area contributed by atoms with E-state index in [1.165, 1.54) is 0 Å². The molecule has 0 saturated carbocycles. The van der Waals surface area contributed by atoms with Gasteiger partial charge in [0.05, 0.1) is 6.54 Å². The summed E-state index contributed by atoms with van der Waals surface area (Å²) in [5.74, 6) is 0.484. The van der Waals surface area contributed by atoms with Crippen LogP contribution in [0.15, 0.2) is 34.7 Å². The quantitative estimate of drug-likeness (QED) is 0.643. The zero-order valence-corrected chi connectivity index (χ0v) is 17.2. The van der Waals surface area contributed by atoms with Gasteiger partial charge in [-0.05, 0) is 37.8 Å². The number of hydrogen-bond acceptors (Lipinski definition) is 4. The van der Waals surface area contributed by atoms with Gasteiger partial charge in [0.2, 0.25) is 0 Å². The van der Waals surface area contributed by atoms with Gasteiger partial charge >= 0.3 is 6.03 Å². The number of Topliss-reactive ketones (excluding diaryl/α,β-unsaturated/α-hetero) is 1. The van der Waals surface area contributed by atoms with Gasteiger partial charge in [0, 0.05) is 11.1 Å². The van der Waals surface area contributed by atoms with E-state index in [2.05, 4.69) is 26.1 Å². The molecule has 1 aromatic heterocycles. The number of aryl methyl sites for hydroxylation is 2. The molecule has 1 fully saturated rings. The molecule has 0 spiro atoms. The smallest absolute Gasteiger partial charge is 0.325 e. The first-order valence-electron chi connectivity index (χ1n) is 9.29. The Hall–Kier alpha value is -2.89. The maximum atomic E-state index is 13.0. The van der Waals surface area contributed by atoms with Gasteiger partial charge < -0.3 is 9.73 Å². The summed E-state index contributed by atoms with van der Waals surface area (Å²) in [6.45, 7) is 11.1. The molecule has 1 atom stereocenters. The van der Waals surface area contributed by atoms with Crippen molar-refractivity contribution >= 4 is 17.7 Å². The average Bonchev–Trinajstić information content (AvgIpc) is 3.06. The molecule has 1 aromatic carbocycles. The van der Waals surface area contributed by atoms with Gasteiger partial charge in [-0.1, -0.05) is 45.0 Å². The SMILES string of the molecule is Cc1cc(C2(C)NC(=O)N(CC(=O)c3ccc(C(C)(C)C)cc3)C2=O)c(C)o1. The van der Waals surface area contributed by atoms with Crippen molar-refractivity contribution in [3.8, 4) is 0 Å². The minimum atomic E-state index is -1.24. The molecule has 1 aliphatic heterocycles. The van der Waals surface area contributed by atoms with Crippen molar-refractivity contribution in [2.45, 2.75) is 52.5 Å². The normalized spacial score (nSPS) is 19.9. The van der Waals surface area contributed by atoms with Gasteiger partial charge in [0.1, 0.15) is 17.1 Å². The molecule has 1 N–H and O–H groups in total. The van der Waals surface area contributed by atoms with Crippen LogP contribution in [-0.4, -0.2) is 29.2 Å². The second-order valence-electron chi connectivity index (χ2n) is 8.52. The summed E-state index contributed by atoms with van der Waals surface area (Å²) < 4.78 is 5.51. The Morgan fingerprint density at radius 1 is 1.14 bits per heavy atom. The lowest BCUT2D eigenvalue weighted by Gasteiger charge is -2.21. The minimum absolute atomic E-state index is 0.0191. The lowest BCUT2D eigenvalue weighted by molar-refractivity contribution is -0.130. The molecule has 2 aromatic rings. The van der Waals surface area contributed by atoms with Crippen molar-refractivity contribution in [2.24, 2.45) is 0 Å². The monoisotopic (exact) mass is 382 g/mol. The fourth-order valence-electron chi connectivity index (χ4n) is 3.54. The fourth-order valence-corrected chi connectivity index (χ4v) is 3.54. The third-order valence-electron chi connectivity index (χ3n) is 5.23. The molecule has 1 aliphatic rings. The Bertz CT molecular complexity index is 950. The van der Waals surface area contributed by atoms with Crippen molar-refractivity contribution in [2.75, 3.05) is 6.54 Å². The van der Waals surface area contributed by atoms with Gasteiger partial charge in [-0.25, -0.2) is 4.79 Å². The maximum Gasteiger partial charge on any atom is 0.325 e. The number of carbonyl (C=O) groups excluding carboxylic acids is 3. The first-order valence-corrected chi connectivity index (χ1v) is 9.29. The van der Waals surface area contributed by atoms with Crippen LogP contribution in [0.25, 0.3) is 0 Å². The molecule has 1 unspecified atom stereocenters. The maximum absolute atomic E-state index is 13.0. The number of ketones is 1. The molecule has 6 nitrogen and oxygen atoms in total. The lowest BCUT2D eigenvalue weighted by atomic mass is 9.86. The number of urea groups is 1. The van der Waals surface area contributed by atoms with Gasteiger partial charge in [-0.3, -0.25) is 14.5 Å². The molecule has 3 amide bonds. The zero-order chi connectivity index (χ0) is 20.9. The van der Waals surface area contributed by atoms with Crippen LogP contribution in [0.4, 0.5) is 4.79 Å². The number of hydrogen-bond donors (Lipinski definition) is 1. The summed E-state index contributed by atoms with van der Waals surface area (Å²) in [5, 5.41) is 2.71. The van der Waals surface area contributed by atoms with E-state index < -0.39 is 17.5 Å². The number of furan rings is 1. The summed E-state index contributed by atoms with van der Waals surface area (Å²) in [5.41, 5.74) is 0.923. The van der Waals surface area contributed by atoms with Crippen molar-refractivity contribution < 1.29 is 18.8 Å². The first kappa shape index (κ1) is 19.9. The third-order valence-corrected chi connectivity index (χ3v) is 5.23. The Labute approximate surface area is 164 Å². The summed E-state index contributed by atoms with van der Waals surface area (Å²) in [4.78, 5) is 39.1. The van der Waals surface area contributed by atoms with Crippen molar-refractivity contribution in [1.29, 1.82) is 0 Å². The first-order chi connectivity index (χ1) is 12.9. The number of rotatable bonds is 4. The molecule has 148 valence electrons. The Morgan fingerprint density at radius 3 is 2.25 bits per heavy atom. The van der Waals surface area contributed by atoms with Crippen molar-refractivity contribution in [1.82, 2.24) is 10.2 Å². The van der Waals surface area contributed by atoms with Gasteiger partial charge in [0.25, 0.3) is 5.91 Å². The van der Waals surface area contributed by atoms with Crippen LogP contribution in [0, 0.1) is 13.8 Å². The lowest BCUT2D eigenvalue weighted by Crippen LogP contribution is -2.41. The van der Waals surface area contributed by atoms with Crippen LogP contribution in [-0.2, 0) is 15.7 Å². The van der Waals surface area contributed by atoms with Crippen LogP contribution in [0.5, 0.6) is 0 Å². The van der Waals surface area contributed by atoms with Crippen LogP contribution in [0.2, 0.25) is 0 Å². The van der Waals surface area contributed by atoms with E-state index in [4.69, 9.17) is 4.42 Å². The molecule has 6 heteroatoms. The van der Waals surface area contributed by atoms with Crippen molar-refractivity contribution in [3.05, 3.63) is 58.5 Å². The molecule has 2 heterocycles. The molecule has 1 saturated heterocycles. The van der Waals surface area contributed by atoms with E-state index in [0.29, 0.717) is 22.6 Å². The predicted molar refractivity (Wildman–Crippen MR) is 105 cm³/mol. The molecular formula is C22H26N2O4. The Balaban J connectivity index is 1.81. The largest absolute Gasteiger partial charge is 0.466 e. The molecule has 0 radical (unpaired) electrons. The van der Waals surface area contributed by atoms with E-state index in [0.717, 1.165) is 10.5 Å². The van der Waals surface area contributed by atoms with Gasteiger partial charge in [0.15, 0.2) is 5.78 Å². The van der Waals surface area contributed by atoms with Crippen LogP contribution in [0.1, 0.15) is 60.7 Å². The second-order valence-corrected chi connectivity index (χ2v) is 8.52. The average molecular weight is 382 g/mol. The highest BCUT2D eigenvalue weighted by molar-refractivity contribution is 6.11. The molecule has 0 bridgehead atoms. The van der Waals surface area contributed by atoms with Gasteiger partial charge in [-0.15, -0.1) is 0 Å². The highest BCUT2D eigenvalue weighted by Gasteiger charge is 2.51. The summed E-state index contributed by atoms with van der Waals surface area (Å²) >= 11 is 0. The number of carbonyl (C=O) groups is 3. The number of imide groups is 1. The predicted octanol–water partition coefficient (Wildman–Crippen LogP) is 3.84. The standard InChI is InChI=1S/C22H26N2O4/c1-13-11-17(14(2)28-13)22(6)19(26)24(20(27)23-22)12-18(25)15-7-9-16(10-8-15)21(3,4)5/h7-11H,12H2,1-6H3,(H,23,27).